The molecule has 1 aromatic carbocycles. The third kappa shape index (κ3) is 6.32. The molecule has 0 saturated carbocycles. The van der Waals surface area contributed by atoms with Gasteiger partial charge < -0.3 is 10.6 Å². The van der Waals surface area contributed by atoms with Crippen LogP contribution in [0, 0.1) is 6.92 Å². The molecule has 2 rings (SSSR count). The zero-order valence-corrected chi connectivity index (χ0v) is 14.5. The van der Waals surface area contributed by atoms with Gasteiger partial charge in [-0.05, 0) is 43.0 Å². The van der Waals surface area contributed by atoms with Crippen LogP contribution in [0.1, 0.15) is 17.5 Å². The van der Waals surface area contributed by atoms with Crippen molar-refractivity contribution in [3.8, 4) is 0 Å². The van der Waals surface area contributed by atoms with Crippen molar-refractivity contribution in [2.24, 2.45) is 4.99 Å². The smallest absolute Gasteiger partial charge is 0.190 e. The zero-order valence-electron chi connectivity index (χ0n) is 13.7. The van der Waals surface area contributed by atoms with Gasteiger partial charge in [-0.15, -0.1) is 0 Å². The van der Waals surface area contributed by atoms with Gasteiger partial charge in [-0.25, -0.2) is 0 Å². The van der Waals surface area contributed by atoms with Gasteiger partial charge in [0.15, 0.2) is 5.96 Å². The van der Waals surface area contributed by atoms with Crippen LogP contribution in [0.5, 0.6) is 0 Å². The Kier molecular flexibility index (Phi) is 6.94. The average molecular weight is 334 g/mol. The second kappa shape index (κ2) is 9.20. The number of nitrogens with zero attached hydrogens (tertiary/aromatic N) is 3. The molecule has 0 aliphatic rings. The lowest BCUT2D eigenvalue weighted by Crippen LogP contribution is -2.39. The molecule has 0 bridgehead atoms. The largest absolute Gasteiger partial charge is 0.356 e. The molecule has 23 heavy (non-hydrogen) atoms. The first-order chi connectivity index (χ1) is 11.2. The van der Waals surface area contributed by atoms with Gasteiger partial charge in [-0.1, -0.05) is 23.7 Å². The van der Waals surface area contributed by atoms with Crippen LogP contribution < -0.4 is 10.6 Å². The Bertz CT molecular complexity index is 618. The van der Waals surface area contributed by atoms with Gasteiger partial charge in [0.05, 0.1) is 6.20 Å². The summed E-state index contributed by atoms with van der Waals surface area (Å²) in [7, 11) is 1.79. The number of aromatic nitrogens is 2. The van der Waals surface area contributed by atoms with E-state index in [2.05, 4.69) is 26.9 Å². The van der Waals surface area contributed by atoms with Gasteiger partial charge in [0.2, 0.25) is 0 Å². The Balaban J connectivity index is 1.62. The van der Waals surface area contributed by atoms with Gasteiger partial charge >= 0.3 is 0 Å². The number of nitrogens with one attached hydrogen (secondary N) is 2. The van der Waals surface area contributed by atoms with Crippen LogP contribution in [0.3, 0.4) is 0 Å². The first kappa shape index (κ1) is 17.3. The Morgan fingerprint density at radius 2 is 1.96 bits per heavy atom. The highest BCUT2D eigenvalue weighted by atomic mass is 35.5. The fourth-order valence-corrected chi connectivity index (χ4v) is 2.36. The fraction of sp³-hybridized carbons (Fsp3) is 0.412. The summed E-state index contributed by atoms with van der Waals surface area (Å²) in [6.07, 6.45) is 5.87. The lowest BCUT2D eigenvalue weighted by Gasteiger charge is -2.12. The zero-order chi connectivity index (χ0) is 16.5. The summed E-state index contributed by atoms with van der Waals surface area (Å²) in [5.41, 5.74) is 2.45. The standard InChI is InChI=1S/C17H24ClN5/c1-14-12-22-23(13-14)11-3-9-20-17(19-2)21-10-8-15-4-6-16(18)7-5-15/h4-7,12-13H,3,8-11H2,1-2H3,(H2,19,20,21). The quantitative estimate of drug-likeness (QED) is 0.465. The summed E-state index contributed by atoms with van der Waals surface area (Å²) in [6, 6.07) is 7.93. The summed E-state index contributed by atoms with van der Waals surface area (Å²) < 4.78 is 1.97. The van der Waals surface area contributed by atoms with Crippen molar-refractivity contribution in [1.29, 1.82) is 0 Å². The highest BCUT2D eigenvalue weighted by Gasteiger charge is 1.99. The molecule has 0 atom stereocenters. The first-order valence-corrected chi connectivity index (χ1v) is 8.23. The molecule has 6 heteroatoms. The van der Waals surface area contributed by atoms with Crippen LogP contribution in [0.4, 0.5) is 0 Å². The molecule has 0 fully saturated rings. The monoisotopic (exact) mass is 333 g/mol. The van der Waals surface area contributed by atoms with Gasteiger partial charge in [0.25, 0.3) is 0 Å². The van der Waals surface area contributed by atoms with Gasteiger partial charge in [-0.3, -0.25) is 9.67 Å². The number of halogens is 1. The maximum Gasteiger partial charge on any atom is 0.190 e. The van der Waals surface area contributed by atoms with E-state index < -0.39 is 0 Å². The summed E-state index contributed by atoms with van der Waals surface area (Å²) in [5.74, 6) is 0.829. The number of aliphatic imine (C=N–C) groups is 1. The minimum atomic E-state index is 0.770. The Labute approximate surface area is 142 Å². The molecule has 2 aromatic rings. The second-order valence-electron chi connectivity index (χ2n) is 5.44. The molecule has 0 aliphatic carbocycles. The van der Waals surface area contributed by atoms with E-state index in [9.17, 15) is 0 Å². The predicted octanol–water partition coefficient (Wildman–Crippen LogP) is 2.64. The van der Waals surface area contributed by atoms with Gasteiger partial charge in [-0.2, -0.15) is 5.10 Å². The molecule has 0 radical (unpaired) electrons. The van der Waals surface area contributed by atoms with Crippen LogP contribution in [-0.2, 0) is 13.0 Å². The molecule has 0 unspecified atom stereocenters. The summed E-state index contributed by atoms with van der Waals surface area (Å²) in [5, 5.41) is 11.7. The van der Waals surface area contributed by atoms with Crippen molar-refractivity contribution < 1.29 is 0 Å². The van der Waals surface area contributed by atoms with Crippen LogP contribution in [0.25, 0.3) is 0 Å². The lowest BCUT2D eigenvalue weighted by atomic mass is 10.1. The van der Waals surface area contributed by atoms with E-state index >= 15 is 0 Å². The van der Waals surface area contributed by atoms with E-state index in [0.717, 1.165) is 43.5 Å². The lowest BCUT2D eigenvalue weighted by molar-refractivity contribution is 0.570. The van der Waals surface area contributed by atoms with E-state index in [1.54, 1.807) is 7.05 Å². The second-order valence-corrected chi connectivity index (χ2v) is 5.87. The van der Waals surface area contributed by atoms with E-state index in [1.807, 2.05) is 42.1 Å². The van der Waals surface area contributed by atoms with Crippen LogP contribution in [0.15, 0.2) is 41.7 Å². The third-order valence-corrected chi connectivity index (χ3v) is 3.71. The van der Waals surface area contributed by atoms with E-state index in [0.29, 0.717) is 0 Å². The van der Waals surface area contributed by atoms with E-state index in [1.165, 1.54) is 11.1 Å². The molecule has 1 heterocycles. The van der Waals surface area contributed by atoms with Crippen molar-refractivity contribution in [2.45, 2.75) is 26.3 Å². The molecule has 0 spiro atoms. The SMILES string of the molecule is CN=C(NCCCn1cc(C)cn1)NCCc1ccc(Cl)cc1. The molecule has 1 aromatic heterocycles. The third-order valence-electron chi connectivity index (χ3n) is 3.46. The molecule has 0 aliphatic heterocycles. The van der Waals surface area contributed by atoms with Crippen molar-refractivity contribution >= 4 is 17.6 Å². The molecule has 0 saturated heterocycles. The Hall–Kier alpha value is -2.01. The molecular formula is C17H24ClN5. The van der Waals surface area contributed by atoms with Gasteiger partial charge in [0, 0.05) is 37.9 Å². The van der Waals surface area contributed by atoms with Crippen LogP contribution in [-0.4, -0.2) is 35.9 Å². The number of benzene rings is 1. The maximum atomic E-state index is 5.88. The van der Waals surface area contributed by atoms with E-state index in [-0.39, 0.29) is 0 Å². The van der Waals surface area contributed by atoms with Crippen molar-refractivity contribution in [1.82, 2.24) is 20.4 Å². The number of rotatable bonds is 7. The van der Waals surface area contributed by atoms with Crippen molar-refractivity contribution in [3.05, 3.63) is 52.8 Å². The van der Waals surface area contributed by atoms with Crippen molar-refractivity contribution in [3.63, 3.8) is 0 Å². The first-order valence-electron chi connectivity index (χ1n) is 7.85. The summed E-state index contributed by atoms with van der Waals surface area (Å²) >= 11 is 5.88. The normalized spacial score (nSPS) is 11.5. The molecular weight excluding hydrogens is 310 g/mol. The molecule has 0 amide bonds. The fourth-order valence-electron chi connectivity index (χ4n) is 2.23. The number of hydrogen-bond acceptors (Lipinski definition) is 2. The van der Waals surface area contributed by atoms with Crippen LogP contribution in [0.2, 0.25) is 5.02 Å². The topological polar surface area (TPSA) is 54.2 Å². The highest BCUT2D eigenvalue weighted by Crippen LogP contribution is 2.09. The number of hydrogen-bond donors (Lipinski definition) is 2. The number of aryl methyl sites for hydroxylation is 2. The molecule has 2 N–H and O–H groups in total. The van der Waals surface area contributed by atoms with Crippen LogP contribution >= 0.6 is 11.6 Å². The Morgan fingerprint density at radius 3 is 2.61 bits per heavy atom. The summed E-state index contributed by atoms with van der Waals surface area (Å²) in [6.45, 7) is 4.65. The highest BCUT2D eigenvalue weighted by molar-refractivity contribution is 6.30. The van der Waals surface area contributed by atoms with Gasteiger partial charge in [0.1, 0.15) is 0 Å². The molecule has 5 nitrogen and oxygen atoms in total. The Morgan fingerprint density at radius 1 is 1.22 bits per heavy atom. The van der Waals surface area contributed by atoms with E-state index in [4.69, 9.17) is 11.6 Å². The predicted molar refractivity (Wildman–Crippen MR) is 96.1 cm³/mol. The minimum Gasteiger partial charge on any atom is -0.356 e. The minimum absolute atomic E-state index is 0.770. The maximum absolute atomic E-state index is 5.88. The molecule has 124 valence electrons. The summed E-state index contributed by atoms with van der Waals surface area (Å²) in [4.78, 5) is 4.23. The van der Waals surface area contributed by atoms with Crippen molar-refractivity contribution in [2.75, 3.05) is 20.1 Å². The average Bonchev–Trinajstić information content (AvgIpc) is 2.97. The number of guanidine groups is 1.